The highest BCUT2D eigenvalue weighted by Crippen LogP contribution is 2.35. The molecule has 0 aliphatic heterocycles. The van der Waals surface area contributed by atoms with Crippen LogP contribution in [0.3, 0.4) is 0 Å². The SMILES string of the molecule is Nc1cc([N+](=O)[O-])cc(C(F)(F)F)c1.O=C=Nc1cc([N+](=O)[O-])cc(C(F)(F)F)c1. The van der Waals surface area contributed by atoms with Crippen LogP contribution in [-0.4, -0.2) is 15.9 Å². The molecule has 0 radical (unpaired) electrons. The summed E-state index contributed by atoms with van der Waals surface area (Å²) in [4.78, 5) is 31.4. The summed E-state index contributed by atoms with van der Waals surface area (Å²) in [6.45, 7) is 0. The number of nitrogen functional groups attached to an aromatic ring is 1. The zero-order valence-electron chi connectivity index (χ0n) is 14.2. The van der Waals surface area contributed by atoms with Crippen molar-refractivity contribution in [3.05, 3.63) is 67.8 Å². The highest BCUT2D eigenvalue weighted by atomic mass is 19.4. The molecule has 15 heteroatoms. The van der Waals surface area contributed by atoms with Gasteiger partial charge in [-0.25, -0.2) is 4.79 Å². The first kappa shape index (κ1) is 24.0. The third-order valence-electron chi connectivity index (χ3n) is 3.09. The summed E-state index contributed by atoms with van der Waals surface area (Å²) in [5.41, 5.74) is 0.524. The van der Waals surface area contributed by atoms with Gasteiger partial charge in [-0.2, -0.15) is 31.3 Å². The number of nitro benzene ring substituents is 2. The van der Waals surface area contributed by atoms with Crippen molar-refractivity contribution in [3.63, 3.8) is 0 Å². The number of benzene rings is 2. The number of aliphatic imine (C=N–C) groups is 1. The van der Waals surface area contributed by atoms with Crippen molar-refractivity contribution in [1.29, 1.82) is 0 Å². The summed E-state index contributed by atoms with van der Waals surface area (Å²) in [6, 6.07) is 3.60. The Bertz CT molecular complexity index is 995. The van der Waals surface area contributed by atoms with Gasteiger partial charge in [0.25, 0.3) is 11.4 Å². The first-order valence-corrected chi connectivity index (χ1v) is 7.22. The van der Waals surface area contributed by atoms with E-state index in [-0.39, 0.29) is 5.69 Å². The highest BCUT2D eigenvalue weighted by Gasteiger charge is 2.33. The van der Waals surface area contributed by atoms with E-state index in [0.29, 0.717) is 24.3 Å². The lowest BCUT2D eigenvalue weighted by Crippen LogP contribution is -2.06. The van der Waals surface area contributed by atoms with Crippen molar-refractivity contribution in [3.8, 4) is 0 Å². The van der Waals surface area contributed by atoms with Gasteiger partial charge in [-0.3, -0.25) is 20.2 Å². The number of isocyanates is 1. The monoisotopic (exact) mass is 438 g/mol. The van der Waals surface area contributed by atoms with E-state index in [1.807, 2.05) is 0 Å². The number of halogens is 6. The number of alkyl halides is 6. The molecule has 0 saturated carbocycles. The van der Waals surface area contributed by atoms with E-state index in [4.69, 9.17) is 5.73 Å². The van der Waals surface area contributed by atoms with E-state index in [1.165, 1.54) is 0 Å². The number of nitrogens with zero attached hydrogens (tertiary/aromatic N) is 3. The minimum Gasteiger partial charge on any atom is -0.399 e. The molecule has 0 aliphatic rings. The van der Waals surface area contributed by atoms with Gasteiger partial charge in [0.1, 0.15) is 0 Å². The lowest BCUT2D eigenvalue weighted by molar-refractivity contribution is -0.385. The highest BCUT2D eigenvalue weighted by molar-refractivity contribution is 5.56. The normalized spacial score (nSPS) is 11.0. The van der Waals surface area contributed by atoms with Crippen molar-refractivity contribution in [1.82, 2.24) is 0 Å². The summed E-state index contributed by atoms with van der Waals surface area (Å²) in [5, 5.41) is 20.5. The Hall–Kier alpha value is -4.00. The molecule has 2 rings (SSSR count). The number of rotatable bonds is 3. The number of anilines is 1. The van der Waals surface area contributed by atoms with E-state index in [0.717, 1.165) is 18.2 Å². The first-order valence-electron chi connectivity index (χ1n) is 7.22. The fourth-order valence-corrected chi connectivity index (χ4v) is 1.89. The van der Waals surface area contributed by atoms with Crippen LogP contribution in [0.15, 0.2) is 41.4 Å². The summed E-state index contributed by atoms with van der Waals surface area (Å²) in [5.74, 6) is 0. The Balaban J connectivity index is 0.000000303. The van der Waals surface area contributed by atoms with Gasteiger partial charge in [-0.05, 0) is 12.1 Å². The maximum absolute atomic E-state index is 12.3. The molecule has 0 aromatic heterocycles. The Labute approximate surface area is 161 Å². The number of nitrogens with two attached hydrogens (primary N) is 1. The van der Waals surface area contributed by atoms with Crippen molar-refractivity contribution in [2.75, 3.05) is 5.73 Å². The van der Waals surface area contributed by atoms with Gasteiger partial charge in [0.2, 0.25) is 6.08 Å². The second-order valence-corrected chi connectivity index (χ2v) is 5.26. The Morgan fingerprint density at radius 3 is 1.63 bits per heavy atom. The van der Waals surface area contributed by atoms with Crippen LogP contribution >= 0.6 is 0 Å². The largest absolute Gasteiger partial charge is 0.416 e. The molecular weight excluding hydrogens is 430 g/mol. The molecular formula is C15H8F6N4O5. The van der Waals surface area contributed by atoms with Crippen LogP contribution in [0.1, 0.15) is 11.1 Å². The van der Waals surface area contributed by atoms with E-state index in [1.54, 1.807) is 0 Å². The molecule has 0 spiro atoms. The fourth-order valence-electron chi connectivity index (χ4n) is 1.89. The number of hydrogen-bond donors (Lipinski definition) is 1. The average Bonchev–Trinajstić information content (AvgIpc) is 2.60. The first-order chi connectivity index (χ1) is 13.6. The van der Waals surface area contributed by atoms with Gasteiger partial charge < -0.3 is 5.73 Å². The van der Waals surface area contributed by atoms with Crippen LogP contribution in [-0.2, 0) is 17.1 Å². The van der Waals surface area contributed by atoms with Crippen LogP contribution in [0.2, 0.25) is 0 Å². The summed E-state index contributed by atoms with van der Waals surface area (Å²) in [7, 11) is 0. The molecule has 0 aliphatic carbocycles. The van der Waals surface area contributed by atoms with Crippen LogP contribution in [0.5, 0.6) is 0 Å². The van der Waals surface area contributed by atoms with Gasteiger partial charge in [0.15, 0.2) is 0 Å². The second kappa shape index (κ2) is 9.00. The number of carbonyl (C=O) groups excluding carboxylic acids is 1. The zero-order valence-corrected chi connectivity index (χ0v) is 14.2. The molecule has 0 atom stereocenters. The zero-order chi connectivity index (χ0) is 23.3. The van der Waals surface area contributed by atoms with Gasteiger partial charge >= 0.3 is 12.4 Å². The van der Waals surface area contributed by atoms with E-state index in [9.17, 15) is 51.4 Å². The van der Waals surface area contributed by atoms with Crippen molar-refractivity contribution in [2.24, 2.45) is 4.99 Å². The predicted octanol–water partition coefficient (Wildman–Crippen LogP) is 4.78. The van der Waals surface area contributed by atoms with Gasteiger partial charge in [0, 0.05) is 30.0 Å². The molecule has 9 nitrogen and oxygen atoms in total. The molecule has 0 heterocycles. The third-order valence-corrected chi connectivity index (χ3v) is 3.09. The molecule has 0 amide bonds. The maximum atomic E-state index is 12.3. The molecule has 2 N–H and O–H groups in total. The molecule has 160 valence electrons. The molecule has 0 fully saturated rings. The summed E-state index contributed by atoms with van der Waals surface area (Å²) in [6.07, 6.45) is -8.35. The lowest BCUT2D eigenvalue weighted by Gasteiger charge is -2.06. The number of nitro groups is 2. The van der Waals surface area contributed by atoms with Gasteiger partial charge in [-0.15, -0.1) is 0 Å². The van der Waals surface area contributed by atoms with Crippen LogP contribution in [0.25, 0.3) is 0 Å². The molecule has 0 bridgehead atoms. The predicted molar refractivity (Wildman–Crippen MR) is 88.4 cm³/mol. The average molecular weight is 438 g/mol. The minimum absolute atomic E-state index is 0.286. The summed E-state index contributed by atoms with van der Waals surface area (Å²) >= 11 is 0. The van der Waals surface area contributed by atoms with E-state index in [2.05, 4.69) is 4.99 Å². The maximum Gasteiger partial charge on any atom is 0.416 e. The third kappa shape index (κ3) is 6.87. The van der Waals surface area contributed by atoms with Crippen LogP contribution < -0.4 is 5.73 Å². The standard InChI is InChI=1S/C8H3F3N2O3.C7H5F3N2O2/c9-8(10,11)5-1-6(12-4-14)3-7(2-5)13(15)16;8-7(9,10)4-1-5(11)3-6(2-4)12(13)14/h1-3H;1-3H,11H2. The number of non-ortho nitro benzene ring substituents is 2. The quantitative estimate of drug-likeness (QED) is 0.183. The smallest absolute Gasteiger partial charge is 0.399 e. The topological polar surface area (TPSA) is 142 Å². The lowest BCUT2D eigenvalue weighted by atomic mass is 10.1. The Kier molecular flexibility index (Phi) is 7.21. The van der Waals surface area contributed by atoms with Crippen LogP contribution in [0.4, 0.5) is 49.1 Å². The molecule has 2 aromatic carbocycles. The van der Waals surface area contributed by atoms with Crippen molar-refractivity contribution >= 4 is 28.8 Å². The molecule has 30 heavy (non-hydrogen) atoms. The molecule has 2 aromatic rings. The fraction of sp³-hybridized carbons (Fsp3) is 0.133. The number of hydrogen-bond acceptors (Lipinski definition) is 7. The van der Waals surface area contributed by atoms with Gasteiger partial charge in [-0.1, -0.05) is 0 Å². The van der Waals surface area contributed by atoms with Crippen molar-refractivity contribution in [2.45, 2.75) is 12.4 Å². The van der Waals surface area contributed by atoms with Crippen molar-refractivity contribution < 1.29 is 41.0 Å². The Morgan fingerprint density at radius 2 is 1.23 bits per heavy atom. The summed E-state index contributed by atoms with van der Waals surface area (Å²) < 4.78 is 73.3. The Morgan fingerprint density at radius 1 is 0.800 bits per heavy atom. The second-order valence-electron chi connectivity index (χ2n) is 5.26. The molecule has 0 unspecified atom stereocenters. The van der Waals surface area contributed by atoms with E-state index < -0.39 is 50.4 Å². The van der Waals surface area contributed by atoms with Gasteiger partial charge in [0.05, 0.1) is 26.7 Å². The minimum atomic E-state index is -4.74. The molecule has 0 saturated heterocycles. The van der Waals surface area contributed by atoms with E-state index >= 15 is 0 Å². The van der Waals surface area contributed by atoms with Crippen LogP contribution in [0, 0.1) is 20.2 Å².